The number of aliphatic hydroxyl groups is 1. The lowest BCUT2D eigenvalue weighted by Gasteiger charge is -2.42. The summed E-state index contributed by atoms with van der Waals surface area (Å²) in [6.07, 6.45) is 2.28. The fourth-order valence-corrected chi connectivity index (χ4v) is 3.77. The lowest BCUT2D eigenvalue weighted by Crippen LogP contribution is -2.34. The Labute approximate surface area is 144 Å². The number of fused-ring (bicyclic) bond motifs is 1. The molecule has 1 aliphatic carbocycles. The summed E-state index contributed by atoms with van der Waals surface area (Å²) in [6.45, 7) is 8.96. The number of ketones is 1. The number of hydrogen-bond donors (Lipinski definition) is 1. The van der Waals surface area contributed by atoms with Crippen LogP contribution in [0, 0.1) is 0 Å². The Balaban J connectivity index is 2.10. The molecule has 0 fully saturated rings. The van der Waals surface area contributed by atoms with Crippen LogP contribution in [0.4, 0.5) is 0 Å². The van der Waals surface area contributed by atoms with E-state index in [-0.39, 0.29) is 23.2 Å². The minimum Gasteiger partial charge on any atom is -0.392 e. The fourth-order valence-electron chi connectivity index (χ4n) is 3.77. The molecule has 0 bridgehead atoms. The van der Waals surface area contributed by atoms with E-state index >= 15 is 0 Å². The summed E-state index contributed by atoms with van der Waals surface area (Å²) < 4.78 is 0. The summed E-state index contributed by atoms with van der Waals surface area (Å²) in [6, 6.07) is 13.4. The Morgan fingerprint density at radius 1 is 0.958 bits per heavy atom. The minimum absolute atomic E-state index is 0.0124. The standard InChI is InChI=1S/C22H26O2/c1-21(2)11-12-22(3,4)19-13-15(9-10-18(19)21)20(24)17-8-6-5-7-16(17)14-23/h5-10,13,23H,11-12,14H2,1-4H3. The Kier molecular flexibility index (Phi) is 4.13. The van der Waals surface area contributed by atoms with Gasteiger partial charge < -0.3 is 5.11 Å². The lowest BCUT2D eigenvalue weighted by atomic mass is 9.63. The minimum atomic E-state index is -0.120. The first-order valence-electron chi connectivity index (χ1n) is 8.65. The third-order valence-corrected chi connectivity index (χ3v) is 5.55. The molecule has 1 N–H and O–H groups in total. The van der Waals surface area contributed by atoms with Gasteiger partial charge in [0.15, 0.2) is 5.78 Å². The van der Waals surface area contributed by atoms with Gasteiger partial charge in [-0.3, -0.25) is 4.79 Å². The Bertz CT molecular complexity index is 784. The SMILES string of the molecule is CC1(C)CCC(C)(C)c2cc(C(=O)c3ccccc3CO)ccc21. The van der Waals surface area contributed by atoms with Crippen molar-refractivity contribution in [3.8, 4) is 0 Å². The van der Waals surface area contributed by atoms with Crippen molar-refractivity contribution in [3.63, 3.8) is 0 Å². The molecule has 0 unspecified atom stereocenters. The van der Waals surface area contributed by atoms with Crippen molar-refractivity contribution in [1.29, 1.82) is 0 Å². The zero-order valence-electron chi connectivity index (χ0n) is 15.0. The number of benzene rings is 2. The Hall–Kier alpha value is -1.93. The highest BCUT2D eigenvalue weighted by Crippen LogP contribution is 2.46. The van der Waals surface area contributed by atoms with Gasteiger partial charge in [-0.25, -0.2) is 0 Å². The number of aliphatic hydroxyl groups excluding tert-OH is 1. The predicted octanol–water partition coefficient (Wildman–Crippen LogP) is 4.76. The van der Waals surface area contributed by atoms with E-state index < -0.39 is 0 Å². The average Bonchev–Trinajstić information content (AvgIpc) is 2.58. The van der Waals surface area contributed by atoms with Crippen LogP contribution in [0.5, 0.6) is 0 Å². The van der Waals surface area contributed by atoms with E-state index in [0.717, 1.165) is 12.8 Å². The first-order chi connectivity index (χ1) is 11.3. The van der Waals surface area contributed by atoms with Crippen molar-refractivity contribution in [2.45, 2.75) is 58.0 Å². The monoisotopic (exact) mass is 322 g/mol. The highest BCUT2D eigenvalue weighted by molar-refractivity contribution is 6.10. The van der Waals surface area contributed by atoms with E-state index in [4.69, 9.17) is 0 Å². The number of rotatable bonds is 3. The molecule has 0 radical (unpaired) electrons. The molecule has 2 aromatic carbocycles. The summed E-state index contributed by atoms with van der Waals surface area (Å²) in [7, 11) is 0. The number of carbonyl (C=O) groups is 1. The van der Waals surface area contributed by atoms with Crippen LogP contribution in [-0.2, 0) is 17.4 Å². The molecular formula is C22H26O2. The van der Waals surface area contributed by atoms with Gasteiger partial charge in [0.05, 0.1) is 6.61 Å². The molecule has 0 amide bonds. The highest BCUT2D eigenvalue weighted by atomic mass is 16.3. The molecule has 0 spiro atoms. The van der Waals surface area contributed by atoms with Crippen molar-refractivity contribution < 1.29 is 9.90 Å². The maximum atomic E-state index is 13.0. The molecule has 0 heterocycles. The van der Waals surface area contributed by atoms with Crippen molar-refractivity contribution >= 4 is 5.78 Å². The van der Waals surface area contributed by atoms with Gasteiger partial charge in [-0.2, -0.15) is 0 Å². The van der Waals surface area contributed by atoms with Gasteiger partial charge in [-0.15, -0.1) is 0 Å². The number of hydrogen-bond acceptors (Lipinski definition) is 2. The van der Waals surface area contributed by atoms with E-state index in [1.54, 1.807) is 12.1 Å². The van der Waals surface area contributed by atoms with Crippen molar-refractivity contribution in [2.75, 3.05) is 0 Å². The fraction of sp³-hybridized carbons (Fsp3) is 0.409. The topological polar surface area (TPSA) is 37.3 Å². The molecule has 2 heteroatoms. The molecule has 0 atom stereocenters. The smallest absolute Gasteiger partial charge is 0.193 e. The quantitative estimate of drug-likeness (QED) is 0.827. The first kappa shape index (κ1) is 16.9. The number of carbonyl (C=O) groups excluding carboxylic acids is 1. The normalized spacial score (nSPS) is 18.0. The van der Waals surface area contributed by atoms with Crippen molar-refractivity contribution in [2.24, 2.45) is 0 Å². The van der Waals surface area contributed by atoms with E-state index in [1.807, 2.05) is 18.2 Å². The van der Waals surface area contributed by atoms with Crippen LogP contribution in [0.3, 0.4) is 0 Å². The third kappa shape index (κ3) is 2.80. The van der Waals surface area contributed by atoms with E-state index in [1.165, 1.54) is 11.1 Å². The lowest BCUT2D eigenvalue weighted by molar-refractivity contribution is 0.103. The van der Waals surface area contributed by atoms with Crippen LogP contribution in [-0.4, -0.2) is 10.9 Å². The molecule has 0 aliphatic heterocycles. The predicted molar refractivity (Wildman–Crippen MR) is 97.5 cm³/mol. The molecule has 3 rings (SSSR count). The molecular weight excluding hydrogens is 296 g/mol. The molecule has 1 aliphatic rings. The van der Waals surface area contributed by atoms with Crippen LogP contribution >= 0.6 is 0 Å². The second-order valence-electron chi connectivity index (χ2n) is 8.17. The second kappa shape index (κ2) is 5.86. The van der Waals surface area contributed by atoms with E-state index in [0.29, 0.717) is 16.7 Å². The zero-order valence-corrected chi connectivity index (χ0v) is 15.0. The Morgan fingerprint density at radius 3 is 2.25 bits per heavy atom. The largest absolute Gasteiger partial charge is 0.392 e. The highest BCUT2D eigenvalue weighted by Gasteiger charge is 2.37. The maximum absolute atomic E-state index is 13.0. The Morgan fingerprint density at radius 2 is 1.58 bits per heavy atom. The van der Waals surface area contributed by atoms with Crippen LogP contribution in [0.2, 0.25) is 0 Å². The summed E-state index contributed by atoms with van der Waals surface area (Å²) in [5.74, 6) is -0.0124. The summed E-state index contributed by atoms with van der Waals surface area (Å²) >= 11 is 0. The van der Waals surface area contributed by atoms with Crippen molar-refractivity contribution in [3.05, 3.63) is 70.3 Å². The van der Waals surface area contributed by atoms with Crippen molar-refractivity contribution in [1.82, 2.24) is 0 Å². The molecule has 0 saturated heterocycles. The van der Waals surface area contributed by atoms with Crippen LogP contribution in [0.25, 0.3) is 0 Å². The van der Waals surface area contributed by atoms with E-state index in [2.05, 4.69) is 39.8 Å². The second-order valence-corrected chi connectivity index (χ2v) is 8.17. The van der Waals surface area contributed by atoms with Gasteiger partial charge >= 0.3 is 0 Å². The van der Waals surface area contributed by atoms with Gasteiger partial charge in [0.1, 0.15) is 0 Å². The summed E-state index contributed by atoms with van der Waals surface area (Å²) in [5.41, 5.74) is 4.84. The van der Waals surface area contributed by atoms with Gasteiger partial charge in [0.25, 0.3) is 0 Å². The van der Waals surface area contributed by atoms with Crippen LogP contribution in [0.1, 0.15) is 73.1 Å². The molecule has 0 saturated carbocycles. The summed E-state index contributed by atoms with van der Waals surface area (Å²) in [4.78, 5) is 13.0. The zero-order chi connectivity index (χ0) is 17.5. The van der Waals surface area contributed by atoms with Crippen LogP contribution in [0.15, 0.2) is 42.5 Å². The van der Waals surface area contributed by atoms with Crippen LogP contribution < -0.4 is 0 Å². The molecule has 2 nitrogen and oxygen atoms in total. The summed E-state index contributed by atoms with van der Waals surface area (Å²) in [5, 5.41) is 9.51. The first-order valence-corrected chi connectivity index (χ1v) is 8.65. The van der Waals surface area contributed by atoms with Gasteiger partial charge in [-0.05, 0) is 46.4 Å². The average molecular weight is 322 g/mol. The van der Waals surface area contributed by atoms with Gasteiger partial charge in [0, 0.05) is 11.1 Å². The molecule has 0 aromatic heterocycles. The van der Waals surface area contributed by atoms with Gasteiger partial charge in [-0.1, -0.05) is 64.1 Å². The maximum Gasteiger partial charge on any atom is 0.193 e. The van der Waals surface area contributed by atoms with E-state index in [9.17, 15) is 9.90 Å². The van der Waals surface area contributed by atoms with Gasteiger partial charge in [0.2, 0.25) is 0 Å². The molecule has 24 heavy (non-hydrogen) atoms. The molecule has 126 valence electrons. The molecule has 2 aromatic rings. The third-order valence-electron chi connectivity index (χ3n) is 5.55.